The normalized spacial score (nSPS) is 14.9. The number of halogens is 5. The molecule has 4 nitrogen and oxygen atoms in total. The number of fused-ring (bicyclic) bond motifs is 1. The zero-order chi connectivity index (χ0) is 28.6. The fourth-order valence-electron chi connectivity index (χ4n) is 4.84. The molecule has 1 aliphatic rings. The molecule has 1 atom stereocenters. The van der Waals surface area contributed by atoms with E-state index >= 15 is 4.39 Å². The minimum Gasteiger partial charge on any atom is -0.469 e. The Balaban J connectivity index is 1.71. The van der Waals surface area contributed by atoms with Crippen LogP contribution in [0.4, 0.5) is 28.9 Å². The van der Waals surface area contributed by atoms with Gasteiger partial charge in [-0.3, -0.25) is 4.79 Å². The van der Waals surface area contributed by atoms with Crippen LogP contribution in [0.3, 0.4) is 0 Å². The number of aliphatic imine (C=N–C) groups is 1. The molecule has 0 N–H and O–H groups in total. The Morgan fingerprint density at radius 1 is 0.950 bits per heavy atom. The van der Waals surface area contributed by atoms with Crippen molar-refractivity contribution in [1.29, 1.82) is 0 Å². The Hall–Kier alpha value is -4.17. The molecule has 9 heteroatoms. The summed E-state index contributed by atoms with van der Waals surface area (Å²) >= 11 is 6.14. The van der Waals surface area contributed by atoms with Gasteiger partial charge in [0.2, 0.25) is 0 Å². The van der Waals surface area contributed by atoms with E-state index in [2.05, 4.69) is 4.99 Å². The number of esters is 1. The molecular formula is C31H23ClF4N2O2. The standard InChI is InChI=1S/C31H23ClF4N2O2/c1-18-13-25-27(17-28(39)40-2)38(24-8-4-6-22(16-24)31(34,35)36)30(37-29(25)26(33)14-18)20-11-9-19(10-12-20)21-5-3-7-23(32)15-21/h3-16,27H,17H2,1-2H3. The highest BCUT2D eigenvalue weighted by atomic mass is 35.5. The fraction of sp³-hybridized carbons (Fsp3) is 0.161. The summed E-state index contributed by atoms with van der Waals surface area (Å²) in [7, 11) is 1.22. The summed E-state index contributed by atoms with van der Waals surface area (Å²) in [4.78, 5) is 18.7. The van der Waals surface area contributed by atoms with Crippen LogP contribution in [0, 0.1) is 12.7 Å². The summed E-state index contributed by atoms with van der Waals surface area (Å²) in [6.45, 7) is 1.70. The van der Waals surface area contributed by atoms with Crippen molar-refractivity contribution in [2.75, 3.05) is 12.0 Å². The minimum absolute atomic E-state index is 0.0247. The minimum atomic E-state index is -4.60. The van der Waals surface area contributed by atoms with Crippen molar-refractivity contribution >= 4 is 34.8 Å². The van der Waals surface area contributed by atoms with Gasteiger partial charge in [-0.1, -0.05) is 60.1 Å². The molecule has 0 fully saturated rings. The molecule has 0 aliphatic carbocycles. The van der Waals surface area contributed by atoms with Crippen molar-refractivity contribution in [3.8, 4) is 11.1 Å². The number of hydrogen-bond acceptors (Lipinski definition) is 4. The second-order valence-corrected chi connectivity index (χ2v) is 9.86. The molecule has 40 heavy (non-hydrogen) atoms. The van der Waals surface area contributed by atoms with Gasteiger partial charge in [0, 0.05) is 21.8 Å². The van der Waals surface area contributed by atoms with Gasteiger partial charge in [0.1, 0.15) is 17.3 Å². The third-order valence-corrected chi connectivity index (χ3v) is 6.93. The Bertz CT molecular complexity index is 1620. The van der Waals surface area contributed by atoms with Gasteiger partial charge in [0.05, 0.1) is 25.1 Å². The lowest BCUT2D eigenvalue weighted by Gasteiger charge is -2.38. The number of alkyl halides is 3. The van der Waals surface area contributed by atoms with E-state index in [0.29, 0.717) is 21.7 Å². The largest absolute Gasteiger partial charge is 0.469 e. The van der Waals surface area contributed by atoms with Gasteiger partial charge in [-0.2, -0.15) is 13.2 Å². The number of nitrogens with zero attached hydrogens (tertiary/aromatic N) is 2. The van der Waals surface area contributed by atoms with Gasteiger partial charge >= 0.3 is 12.1 Å². The lowest BCUT2D eigenvalue weighted by atomic mass is 9.93. The highest BCUT2D eigenvalue weighted by Crippen LogP contribution is 2.44. The lowest BCUT2D eigenvalue weighted by molar-refractivity contribution is -0.141. The fourth-order valence-corrected chi connectivity index (χ4v) is 5.03. The predicted molar refractivity (Wildman–Crippen MR) is 148 cm³/mol. The third-order valence-electron chi connectivity index (χ3n) is 6.69. The lowest BCUT2D eigenvalue weighted by Crippen LogP contribution is -2.39. The molecule has 1 unspecified atom stereocenters. The molecule has 0 amide bonds. The van der Waals surface area contributed by atoms with E-state index in [1.165, 1.54) is 25.3 Å². The quantitative estimate of drug-likeness (QED) is 0.179. The van der Waals surface area contributed by atoms with Crippen LogP contribution >= 0.6 is 11.6 Å². The zero-order valence-electron chi connectivity index (χ0n) is 21.5. The summed E-state index contributed by atoms with van der Waals surface area (Å²) in [5.41, 5.74) is 2.50. The van der Waals surface area contributed by atoms with E-state index in [0.717, 1.165) is 23.3 Å². The van der Waals surface area contributed by atoms with E-state index in [4.69, 9.17) is 16.3 Å². The van der Waals surface area contributed by atoms with Crippen LogP contribution < -0.4 is 4.90 Å². The molecule has 0 saturated heterocycles. The van der Waals surface area contributed by atoms with Gasteiger partial charge in [0.25, 0.3) is 0 Å². The monoisotopic (exact) mass is 566 g/mol. The first kappa shape index (κ1) is 27.4. The first-order valence-corrected chi connectivity index (χ1v) is 12.7. The van der Waals surface area contributed by atoms with Crippen molar-refractivity contribution in [2.24, 2.45) is 4.99 Å². The predicted octanol–water partition coefficient (Wildman–Crippen LogP) is 8.68. The Morgan fingerprint density at radius 3 is 2.33 bits per heavy atom. The van der Waals surface area contributed by atoms with E-state index in [-0.39, 0.29) is 23.6 Å². The first-order valence-electron chi connectivity index (χ1n) is 12.3. The molecule has 204 valence electrons. The summed E-state index contributed by atoms with van der Waals surface area (Å²) < 4.78 is 61.3. The van der Waals surface area contributed by atoms with Crippen LogP contribution in [-0.4, -0.2) is 18.9 Å². The number of amidine groups is 1. The van der Waals surface area contributed by atoms with Crippen LogP contribution in [0.25, 0.3) is 11.1 Å². The number of carbonyl (C=O) groups is 1. The van der Waals surface area contributed by atoms with Crippen LogP contribution in [0.2, 0.25) is 5.02 Å². The van der Waals surface area contributed by atoms with Crippen molar-refractivity contribution in [3.63, 3.8) is 0 Å². The number of benzene rings is 4. The van der Waals surface area contributed by atoms with Crippen molar-refractivity contribution in [2.45, 2.75) is 25.6 Å². The third kappa shape index (κ3) is 5.45. The number of methoxy groups -OCH3 is 1. The number of hydrogen-bond donors (Lipinski definition) is 0. The van der Waals surface area contributed by atoms with E-state index < -0.39 is 29.6 Å². The number of anilines is 1. The van der Waals surface area contributed by atoms with Gasteiger partial charge in [-0.25, -0.2) is 9.38 Å². The smallest absolute Gasteiger partial charge is 0.416 e. The SMILES string of the molecule is COC(=O)CC1c2cc(C)cc(F)c2N=C(c2ccc(-c3cccc(Cl)c3)cc2)N1c1cccc(C(F)(F)F)c1. The van der Waals surface area contributed by atoms with Crippen LogP contribution in [0.1, 0.15) is 34.7 Å². The van der Waals surface area contributed by atoms with Crippen LogP contribution in [0.15, 0.2) is 89.9 Å². The Morgan fingerprint density at radius 2 is 1.65 bits per heavy atom. The summed E-state index contributed by atoms with van der Waals surface area (Å²) in [5, 5.41) is 0.571. The average molecular weight is 567 g/mol. The topological polar surface area (TPSA) is 41.9 Å². The molecule has 0 spiro atoms. The van der Waals surface area contributed by atoms with Gasteiger partial charge in [-0.05, 0) is 60.0 Å². The molecule has 4 aromatic carbocycles. The maximum Gasteiger partial charge on any atom is 0.416 e. The molecule has 0 aromatic heterocycles. The molecule has 1 aliphatic heterocycles. The van der Waals surface area contributed by atoms with Crippen molar-refractivity contribution < 1.29 is 27.1 Å². The molecule has 1 heterocycles. The highest BCUT2D eigenvalue weighted by molar-refractivity contribution is 6.30. The molecular weight excluding hydrogens is 544 g/mol. The zero-order valence-corrected chi connectivity index (χ0v) is 22.2. The summed E-state index contributed by atoms with van der Waals surface area (Å²) in [6, 6.07) is 21.3. The second-order valence-electron chi connectivity index (χ2n) is 9.42. The number of aryl methyl sites for hydroxylation is 1. The van der Waals surface area contributed by atoms with Crippen LogP contribution in [-0.2, 0) is 15.7 Å². The Kier molecular flexibility index (Phi) is 7.38. The van der Waals surface area contributed by atoms with E-state index in [9.17, 15) is 18.0 Å². The molecule has 4 aromatic rings. The van der Waals surface area contributed by atoms with E-state index in [1.807, 2.05) is 30.3 Å². The summed E-state index contributed by atoms with van der Waals surface area (Å²) in [6.07, 6.45) is -4.84. The number of carbonyl (C=O) groups excluding carboxylic acids is 1. The van der Waals surface area contributed by atoms with Gasteiger partial charge in [-0.15, -0.1) is 0 Å². The number of rotatable bonds is 5. The molecule has 0 saturated carbocycles. The summed E-state index contributed by atoms with van der Waals surface area (Å²) in [5.74, 6) is -1.00. The second kappa shape index (κ2) is 10.8. The highest BCUT2D eigenvalue weighted by Gasteiger charge is 2.37. The van der Waals surface area contributed by atoms with Crippen molar-refractivity contribution in [1.82, 2.24) is 0 Å². The average Bonchev–Trinajstić information content (AvgIpc) is 2.92. The van der Waals surface area contributed by atoms with Crippen molar-refractivity contribution in [3.05, 3.63) is 118 Å². The first-order chi connectivity index (χ1) is 19.0. The molecule has 0 radical (unpaired) electrons. The number of ether oxygens (including phenoxy) is 1. The van der Waals surface area contributed by atoms with Gasteiger partial charge < -0.3 is 9.64 Å². The van der Waals surface area contributed by atoms with E-state index in [1.54, 1.807) is 36.1 Å². The Labute approximate surface area is 233 Å². The van der Waals surface area contributed by atoms with Gasteiger partial charge in [0.15, 0.2) is 0 Å². The molecule has 5 rings (SSSR count). The molecule has 0 bridgehead atoms. The maximum absolute atomic E-state index is 15.3. The maximum atomic E-state index is 15.3. The van der Waals surface area contributed by atoms with Crippen LogP contribution in [0.5, 0.6) is 0 Å².